The Hall–Kier alpha value is -3.51. The molecule has 1 aliphatic carbocycles. The highest BCUT2D eigenvalue weighted by Crippen LogP contribution is 2.26. The standard InChI is InChI=1S/C23H28FN7O4/c1-25-20-10-19(29-21-13(11-26-31(20)21)22(32)28-15-6-5-14(15)24)27-16-4-3-8-30(23(16)33)17-7-9-35-12-18(17)34-2/h3-4,8,10-11,14-15,17-18,25H,5-7,9,12H2,1-2H3,(H,27,29)(H,28,32)/t14-,15?,17-,18+/m1/s1. The zero-order valence-electron chi connectivity index (χ0n) is 19.5. The van der Waals surface area contributed by atoms with Gasteiger partial charge in [0, 0.05) is 33.0 Å². The van der Waals surface area contributed by atoms with E-state index in [-0.39, 0.29) is 28.9 Å². The first-order valence-electron chi connectivity index (χ1n) is 11.6. The summed E-state index contributed by atoms with van der Waals surface area (Å²) in [6.07, 6.45) is 3.59. The number of carbonyl (C=O) groups excluding carboxylic acids is 1. The molecule has 2 fully saturated rings. The Labute approximate surface area is 200 Å². The number of amides is 1. The maximum absolute atomic E-state index is 13.7. The fourth-order valence-corrected chi connectivity index (χ4v) is 4.48. The highest BCUT2D eigenvalue weighted by atomic mass is 19.1. The van der Waals surface area contributed by atoms with E-state index in [0.717, 1.165) is 0 Å². The number of carbonyl (C=O) groups is 1. The first-order chi connectivity index (χ1) is 17.0. The van der Waals surface area contributed by atoms with Crippen molar-refractivity contribution < 1.29 is 18.7 Å². The van der Waals surface area contributed by atoms with Crippen molar-refractivity contribution in [2.45, 2.75) is 43.6 Å². The second kappa shape index (κ2) is 9.62. The van der Waals surface area contributed by atoms with E-state index >= 15 is 0 Å². The number of alkyl halides is 1. The molecule has 0 bridgehead atoms. The molecule has 1 saturated heterocycles. The third-order valence-corrected chi connectivity index (χ3v) is 6.65. The summed E-state index contributed by atoms with van der Waals surface area (Å²) in [5.41, 5.74) is 0.610. The summed E-state index contributed by atoms with van der Waals surface area (Å²) in [4.78, 5) is 30.6. The van der Waals surface area contributed by atoms with Gasteiger partial charge in [-0.25, -0.2) is 9.37 Å². The van der Waals surface area contributed by atoms with E-state index in [2.05, 4.69) is 26.0 Å². The second-order valence-corrected chi connectivity index (χ2v) is 8.71. The number of halogens is 1. The van der Waals surface area contributed by atoms with Crippen molar-refractivity contribution in [1.82, 2.24) is 24.5 Å². The zero-order chi connectivity index (χ0) is 24.5. The second-order valence-electron chi connectivity index (χ2n) is 8.71. The Balaban J connectivity index is 1.46. The molecular weight excluding hydrogens is 457 g/mol. The number of anilines is 3. The SMILES string of the molecule is CNc1cc(Nc2cccn([C@@H]3CCOC[C@@H]3OC)c2=O)nc2c(C(=O)NC3CC[C@H]3F)cnn12. The Morgan fingerprint density at radius 3 is 2.89 bits per heavy atom. The van der Waals surface area contributed by atoms with Crippen molar-refractivity contribution in [1.29, 1.82) is 0 Å². The van der Waals surface area contributed by atoms with E-state index in [0.29, 0.717) is 49.8 Å². The quantitative estimate of drug-likeness (QED) is 0.464. The lowest BCUT2D eigenvalue weighted by molar-refractivity contribution is -0.0609. The van der Waals surface area contributed by atoms with E-state index < -0.39 is 18.1 Å². The Morgan fingerprint density at radius 1 is 1.31 bits per heavy atom. The minimum atomic E-state index is -1.03. The van der Waals surface area contributed by atoms with Crippen LogP contribution in [0.3, 0.4) is 0 Å². The molecule has 11 nitrogen and oxygen atoms in total. The number of rotatable bonds is 7. The van der Waals surface area contributed by atoms with E-state index in [1.54, 1.807) is 43.1 Å². The molecule has 5 rings (SSSR count). The average Bonchev–Trinajstić information content (AvgIpc) is 3.31. The third-order valence-electron chi connectivity index (χ3n) is 6.65. The molecule has 3 N–H and O–H groups in total. The van der Waals surface area contributed by atoms with Crippen molar-refractivity contribution in [3.8, 4) is 0 Å². The monoisotopic (exact) mass is 485 g/mol. The van der Waals surface area contributed by atoms with Gasteiger partial charge in [0.2, 0.25) is 0 Å². The molecule has 186 valence electrons. The molecule has 0 aromatic carbocycles. The van der Waals surface area contributed by atoms with E-state index in [4.69, 9.17) is 9.47 Å². The van der Waals surface area contributed by atoms with Crippen molar-refractivity contribution >= 4 is 28.9 Å². The first-order valence-corrected chi connectivity index (χ1v) is 11.6. The maximum atomic E-state index is 13.7. The Kier molecular flexibility index (Phi) is 6.39. The molecule has 0 spiro atoms. The van der Waals surface area contributed by atoms with Crippen LogP contribution in [0.1, 0.15) is 35.7 Å². The smallest absolute Gasteiger partial charge is 0.274 e. The minimum Gasteiger partial charge on any atom is -0.379 e. The number of aromatic nitrogens is 4. The number of hydrogen-bond donors (Lipinski definition) is 3. The summed E-state index contributed by atoms with van der Waals surface area (Å²) >= 11 is 0. The van der Waals surface area contributed by atoms with Crippen molar-refractivity contribution in [2.24, 2.45) is 0 Å². The van der Waals surface area contributed by atoms with Crippen LogP contribution in [0.5, 0.6) is 0 Å². The van der Waals surface area contributed by atoms with Crippen LogP contribution in [-0.2, 0) is 9.47 Å². The molecule has 3 aromatic rings. The van der Waals surface area contributed by atoms with Crippen LogP contribution >= 0.6 is 0 Å². The number of hydrogen-bond acceptors (Lipinski definition) is 8. The van der Waals surface area contributed by atoms with Crippen molar-refractivity contribution in [3.63, 3.8) is 0 Å². The van der Waals surface area contributed by atoms with Gasteiger partial charge in [0.1, 0.15) is 35.2 Å². The Morgan fingerprint density at radius 2 is 2.17 bits per heavy atom. The highest BCUT2D eigenvalue weighted by molar-refractivity contribution is 6.00. The predicted molar refractivity (Wildman–Crippen MR) is 127 cm³/mol. The van der Waals surface area contributed by atoms with Crippen molar-refractivity contribution in [2.75, 3.05) is 38.0 Å². The topological polar surface area (TPSA) is 124 Å². The van der Waals surface area contributed by atoms with Gasteiger partial charge in [-0.15, -0.1) is 0 Å². The molecule has 1 aliphatic heterocycles. The number of methoxy groups -OCH3 is 1. The summed E-state index contributed by atoms with van der Waals surface area (Å²) in [5, 5.41) is 13.1. The lowest BCUT2D eigenvalue weighted by Gasteiger charge is -2.32. The van der Waals surface area contributed by atoms with Crippen LogP contribution in [0.4, 0.5) is 21.7 Å². The van der Waals surface area contributed by atoms with Crippen LogP contribution in [0.15, 0.2) is 35.4 Å². The number of nitrogens with one attached hydrogen (secondary N) is 3. The molecule has 4 atom stereocenters. The minimum absolute atomic E-state index is 0.151. The van der Waals surface area contributed by atoms with Crippen molar-refractivity contribution in [3.05, 3.63) is 46.5 Å². The van der Waals surface area contributed by atoms with Gasteiger partial charge in [0.15, 0.2) is 5.65 Å². The first kappa shape index (κ1) is 23.2. The summed E-state index contributed by atoms with van der Waals surface area (Å²) in [7, 11) is 3.32. The van der Waals surface area contributed by atoms with Crippen LogP contribution < -0.4 is 21.5 Å². The van der Waals surface area contributed by atoms with E-state index in [1.807, 2.05) is 0 Å². The molecular formula is C23H28FN7O4. The number of nitrogens with zero attached hydrogens (tertiary/aromatic N) is 4. The molecule has 0 radical (unpaired) electrons. The lowest BCUT2D eigenvalue weighted by Crippen LogP contribution is -2.48. The fourth-order valence-electron chi connectivity index (χ4n) is 4.48. The largest absolute Gasteiger partial charge is 0.379 e. The summed E-state index contributed by atoms with van der Waals surface area (Å²) in [6, 6.07) is 4.50. The number of pyridine rings is 1. The van der Waals surface area contributed by atoms with Gasteiger partial charge in [0.05, 0.1) is 24.9 Å². The van der Waals surface area contributed by atoms with Gasteiger partial charge in [-0.3, -0.25) is 9.59 Å². The fraction of sp³-hybridized carbons (Fsp3) is 0.478. The van der Waals surface area contributed by atoms with E-state index in [9.17, 15) is 14.0 Å². The predicted octanol–water partition coefficient (Wildman–Crippen LogP) is 1.88. The lowest BCUT2D eigenvalue weighted by atomic mass is 9.90. The normalized spacial score (nSPS) is 24.1. The van der Waals surface area contributed by atoms with Gasteiger partial charge in [0.25, 0.3) is 11.5 Å². The maximum Gasteiger partial charge on any atom is 0.274 e. The third kappa shape index (κ3) is 4.34. The van der Waals surface area contributed by atoms with Crippen LogP contribution in [0.25, 0.3) is 5.65 Å². The number of fused-ring (bicyclic) bond motifs is 1. The molecule has 12 heteroatoms. The molecule has 3 aromatic heterocycles. The molecule has 1 saturated carbocycles. The summed E-state index contributed by atoms with van der Waals surface area (Å²) in [5.74, 6) is 0.475. The van der Waals surface area contributed by atoms with Gasteiger partial charge in [-0.2, -0.15) is 9.61 Å². The van der Waals surface area contributed by atoms with Gasteiger partial charge in [-0.1, -0.05) is 0 Å². The summed E-state index contributed by atoms with van der Waals surface area (Å²) in [6.45, 7) is 0.972. The van der Waals surface area contributed by atoms with Gasteiger partial charge >= 0.3 is 0 Å². The molecule has 1 amide bonds. The average molecular weight is 486 g/mol. The van der Waals surface area contributed by atoms with Gasteiger partial charge < -0.3 is 30.0 Å². The zero-order valence-corrected chi connectivity index (χ0v) is 19.5. The molecule has 1 unspecified atom stereocenters. The Bertz CT molecular complexity index is 1290. The number of ether oxygens (including phenoxy) is 2. The molecule has 35 heavy (non-hydrogen) atoms. The van der Waals surface area contributed by atoms with Crippen LogP contribution in [0, 0.1) is 0 Å². The van der Waals surface area contributed by atoms with Crippen LogP contribution in [0.2, 0.25) is 0 Å². The molecule has 4 heterocycles. The van der Waals surface area contributed by atoms with E-state index in [1.165, 1.54) is 10.7 Å². The highest BCUT2D eigenvalue weighted by Gasteiger charge is 2.33. The van der Waals surface area contributed by atoms with Crippen LogP contribution in [-0.4, -0.2) is 70.8 Å². The van der Waals surface area contributed by atoms with Gasteiger partial charge in [-0.05, 0) is 31.4 Å². The summed E-state index contributed by atoms with van der Waals surface area (Å²) < 4.78 is 27.8. The molecule has 2 aliphatic rings.